The van der Waals surface area contributed by atoms with Crippen LogP contribution < -0.4 is 5.32 Å². The van der Waals surface area contributed by atoms with Gasteiger partial charge in [0.1, 0.15) is 0 Å². The topological polar surface area (TPSA) is 37.8 Å². The van der Waals surface area contributed by atoms with Crippen LogP contribution in [0, 0.1) is 0 Å². The standard InChI is InChI=1S/C14H17N3.2ClH/c1-2-16-14(12-6-4-3-5-7-12)10-13-11-15-8-9-17-13;;/h3-9,11,14,16H,2,10H2,1H3;2*1H/t14-;;/m0../s1. The Balaban J connectivity index is 0.00000162. The van der Waals surface area contributed by atoms with E-state index in [1.54, 1.807) is 12.4 Å². The predicted octanol–water partition coefficient (Wildman–Crippen LogP) is 3.21. The van der Waals surface area contributed by atoms with Gasteiger partial charge >= 0.3 is 0 Å². The number of hydrogen-bond acceptors (Lipinski definition) is 3. The van der Waals surface area contributed by atoms with Crippen LogP contribution in [0.1, 0.15) is 24.2 Å². The van der Waals surface area contributed by atoms with Gasteiger partial charge in [-0.2, -0.15) is 0 Å². The molecule has 0 saturated heterocycles. The molecule has 0 aliphatic heterocycles. The largest absolute Gasteiger partial charge is 0.310 e. The Morgan fingerprint density at radius 2 is 1.84 bits per heavy atom. The monoisotopic (exact) mass is 299 g/mol. The average molecular weight is 300 g/mol. The molecule has 0 amide bonds. The maximum Gasteiger partial charge on any atom is 0.0605 e. The van der Waals surface area contributed by atoms with E-state index in [0.717, 1.165) is 18.7 Å². The lowest BCUT2D eigenvalue weighted by Crippen LogP contribution is -2.23. The van der Waals surface area contributed by atoms with Crippen molar-refractivity contribution >= 4 is 24.8 Å². The summed E-state index contributed by atoms with van der Waals surface area (Å²) in [4.78, 5) is 8.43. The highest BCUT2D eigenvalue weighted by Gasteiger charge is 2.11. The minimum atomic E-state index is 0. The van der Waals surface area contributed by atoms with Crippen molar-refractivity contribution in [1.82, 2.24) is 15.3 Å². The van der Waals surface area contributed by atoms with Crippen LogP contribution in [0.25, 0.3) is 0 Å². The number of halogens is 2. The van der Waals surface area contributed by atoms with Gasteiger partial charge in [-0.1, -0.05) is 37.3 Å². The summed E-state index contributed by atoms with van der Waals surface area (Å²) in [5.41, 5.74) is 2.31. The zero-order chi connectivity index (χ0) is 11.9. The number of likely N-dealkylation sites (N-methyl/N-ethyl adjacent to an activating group) is 1. The number of aromatic nitrogens is 2. The van der Waals surface area contributed by atoms with E-state index in [0.29, 0.717) is 6.04 Å². The molecule has 1 N–H and O–H groups in total. The molecule has 0 saturated carbocycles. The van der Waals surface area contributed by atoms with E-state index in [1.807, 2.05) is 12.3 Å². The van der Waals surface area contributed by atoms with E-state index in [9.17, 15) is 0 Å². The maximum atomic E-state index is 4.32. The summed E-state index contributed by atoms with van der Waals surface area (Å²) in [5, 5.41) is 3.48. The number of benzene rings is 1. The Kier molecular flexibility index (Phi) is 9.13. The molecule has 3 nitrogen and oxygen atoms in total. The first kappa shape index (κ1) is 17.8. The normalized spacial score (nSPS) is 11.0. The van der Waals surface area contributed by atoms with Crippen LogP contribution >= 0.6 is 24.8 Å². The molecule has 1 aromatic heterocycles. The molecule has 0 bridgehead atoms. The summed E-state index contributed by atoms with van der Waals surface area (Å²) in [6, 6.07) is 10.8. The summed E-state index contributed by atoms with van der Waals surface area (Å²) in [7, 11) is 0. The molecular weight excluding hydrogens is 281 g/mol. The smallest absolute Gasteiger partial charge is 0.0605 e. The second-order valence-electron chi connectivity index (χ2n) is 3.92. The Morgan fingerprint density at radius 3 is 2.42 bits per heavy atom. The third kappa shape index (κ3) is 5.55. The average Bonchev–Trinajstić information content (AvgIpc) is 2.40. The highest BCUT2D eigenvalue weighted by molar-refractivity contribution is 5.85. The molecular formula is C14H19Cl2N3. The molecule has 1 heterocycles. The van der Waals surface area contributed by atoms with Crippen LogP contribution in [-0.2, 0) is 6.42 Å². The number of hydrogen-bond donors (Lipinski definition) is 1. The van der Waals surface area contributed by atoms with Gasteiger partial charge < -0.3 is 5.32 Å². The van der Waals surface area contributed by atoms with Crippen molar-refractivity contribution in [1.29, 1.82) is 0 Å². The molecule has 0 radical (unpaired) electrons. The van der Waals surface area contributed by atoms with E-state index in [1.165, 1.54) is 5.56 Å². The lowest BCUT2D eigenvalue weighted by atomic mass is 10.0. The van der Waals surface area contributed by atoms with Crippen LogP contribution in [0.4, 0.5) is 0 Å². The molecule has 5 heteroatoms. The molecule has 2 rings (SSSR count). The number of nitrogens with zero attached hydrogens (tertiary/aromatic N) is 2. The summed E-state index contributed by atoms with van der Waals surface area (Å²) in [5.74, 6) is 0. The van der Waals surface area contributed by atoms with Crippen molar-refractivity contribution in [2.75, 3.05) is 6.54 Å². The first-order valence-corrected chi connectivity index (χ1v) is 5.93. The van der Waals surface area contributed by atoms with Crippen LogP contribution in [0.5, 0.6) is 0 Å². The maximum absolute atomic E-state index is 4.32. The van der Waals surface area contributed by atoms with E-state index in [-0.39, 0.29) is 24.8 Å². The summed E-state index contributed by atoms with van der Waals surface area (Å²) >= 11 is 0. The first-order valence-electron chi connectivity index (χ1n) is 5.93. The Hall–Kier alpha value is -1.16. The van der Waals surface area contributed by atoms with Crippen LogP contribution in [-0.4, -0.2) is 16.5 Å². The van der Waals surface area contributed by atoms with Crippen LogP contribution in [0.2, 0.25) is 0 Å². The molecule has 1 atom stereocenters. The van der Waals surface area contributed by atoms with Crippen molar-refractivity contribution in [3.63, 3.8) is 0 Å². The molecule has 0 aliphatic carbocycles. The lowest BCUT2D eigenvalue weighted by Gasteiger charge is -2.17. The van der Waals surface area contributed by atoms with Gasteiger partial charge in [0, 0.05) is 31.1 Å². The van der Waals surface area contributed by atoms with E-state index in [4.69, 9.17) is 0 Å². The number of nitrogens with one attached hydrogen (secondary N) is 1. The minimum Gasteiger partial charge on any atom is -0.310 e. The van der Waals surface area contributed by atoms with Crippen LogP contribution in [0.15, 0.2) is 48.9 Å². The Bertz CT molecular complexity index is 437. The zero-order valence-corrected chi connectivity index (χ0v) is 12.5. The van der Waals surface area contributed by atoms with Crippen LogP contribution in [0.3, 0.4) is 0 Å². The zero-order valence-electron chi connectivity index (χ0n) is 10.8. The molecule has 104 valence electrons. The van der Waals surface area contributed by atoms with Crippen molar-refractivity contribution < 1.29 is 0 Å². The lowest BCUT2D eigenvalue weighted by molar-refractivity contribution is 0.543. The van der Waals surface area contributed by atoms with Crippen molar-refractivity contribution in [2.45, 2.75) is 19.4 Å². The summed E-state index contributed by atoms with van der Waals surface area (Å²) < 4.78 is 0. The quantitative estimate of drug-likeness (QED) is 0.921. The fraction of sp³-hybridized carbons (Fsp3) is 0.286. The van der Waals surface area contributed by atoms with E-state index in [2.05, 4.69) is 46.5 Å². The summed E-state index contributed by atoms with van der Waals surface area (Å²) in [6.45, 7) is 3.06. The molecule has 1 aromatic carbocycles. The third-order valence-electron chi connectivity index (χ3n) is 2.68. The number of rotatable bonds is 5. The van der Waals surface area contributed by atoms with E-state index >= 15 is 0 Å². The molecule has 19 heavy (non-hydrogen) atoms. The van der Waals surface area contributed by atoms with Gasteiger partial charge in [0.05, 0.1) is 5.69 Å². The van der Waals surface area contributed by atoms with Gasteiger partial charge in [-0.15, -0.1) is 24.8 Å². The second kappa shape index (κ2) is 9.73. The van der Waals surface area contributed by atoms with E-state index < -0.39 is 0 Å². The molecule has 0 aliphatic rings. The first-order chi connectivity index (χ1) is 8.40. The summed E-state index contributed by atoms with van der Waals surface area (Å²) in [6.07, 6.45) is 6.14. The van der Waals surface area contributed by atoms with Crippen molar-refractivity contribution in [3.05, 3.63) is 60.2 Å². The predicted molar refractivity (Wildman–Crippen MR) is 83.1 cm³/mol. The Morgan fingerprint density at radius 1 is 1.11 bits per heavy atom. The fourth-order valence-corrected chi connectivity index (χ4v) is 1.88. The second-order valence-corrected chi connectivity index (χ2v) is 3.92. The molecule has 2 aromatic rings. The SMILES string of the molecule is CCN[C@@H](Cc1cnccn1)c1ccccc1.Cl.Cl. The molecule has 0 fully saturated rings. The van der Waals surface area contributed by atoms with Crippen molar-refractivity contribution in [2.24, 2.45) is 0 Å². The Labute approximate surface area is 126 Å². The fourth-order valence-electron chi connectivity index (χ4n) is 1.88. The molecule has 0 unspecified atom stereocenters. The van der Waals surface area contributed by atoms with Gasteiger partial charge in [0.25, 0.3) is 0 Å². The molecule has 0 spiro atoms. The highest BCUT2D eigenvalue weighted by Crippen LogP contribution is 2.16. The third-order valence-corrected chi connectivity index (χ3v) is 2.68. The minimum absolute atomic E-state index is 0. The van der Waals surface area contributed by atoms with Gasteiger partial charge in [0.15, 0.2) is 0 Å². The van der Waals surface area contributed by atoms with Gasteiger partial charge in [-0.3, -0.25) is 9.97 Å². The van der Waals surface area contributed by atoms with Crippen molar-refractivity contribution in [3.8, 4) is 0 Å². The van der Waals surface area contributed by atoms with Gasteiger partial charge in [-0.05, 0) is 12.1 Å². The van der Waals surface area contributed by atoms with Gasteiger partial charge in [-0.25, -0.2) is 0 Å². The highest BCUT2D eigenvalue weighted by atomic mass is 35.5. The van der Waals surface area contributed by atoms with Gasteiger partial charge in [0.2, 0.25) is 0 Å².